The molecule has 0 unspecified atom stereocenters. The van der Waals surface area contributed by atoms with Crippen molar-refractivity contribution in [3.63, 3.8) is 0 Å². The molecule has 2 aromatic rings. The van der Waals surface area contributed by atoms with Crippen LogP contribution in [-0.2, 0) is 13.1 Å². The van der Waals surface area contributed by atoms with Gasteiger partial charge in [-0.05, 0) is 36.1 Å². The predicted molar refractivity (Wildman–Crippen MR) is 94.0 cm³/mol. The maximum absolute atomic E-state index is 12.1. The molecule has 1 aromatic heterocycles. The maximum atomic E-state index is 12.1. The van der Waals surface area contributed by atoms with E-state index in [-0.39, 0.29) is 5.75 Å². The van der Waals surface area contributed by atoms with E-state index >= 15 is 0 Å². The summed E-state index contributed by atoms with van der Waals surface area (Å²) in [5.74, 6) is 0.876. The molecule has 136 valence electrons. The SMILES string of the molecule is CCNC(=NCc1ccc(OCC(F)(F)F)cc1)NCc1cccs1. The lowest BCUT2D eigenvalue weighted by Gasteiger charge is -2.11. The largest absolute Gasteiger partial charge is 0.484 e. The molecular weight excluding hydrogens is 351 g/mol. The van der Waals surface area contributed by atoms with Crippen molar-refractivity contribution in [2.45, 2.75) is 26.2 Å². The highest BCUT2D eigenvalue weighted by Gasteiger charge is 2.28. The van der Waals surface area contributed by atoms with Crippen LogP contribution in [0.3, 0.4) is 0 Å². The van der Waals surface area contributed by atoms with E-state index in [1.165, 1.54) is 17.0 Å². The Kier molecular flexibility index (Phi) is 7.12. The van der Waals surface area contributed by atoms with E-state index < -0.39 is 12.8 Å². The molecule has 1 heterocycles. The fourth-order valence-corrected chi connectivity index (χ4v) is 2.60. The van der Waals surface area contributed by atoms with Crippen LogP contribution in [0.5, 0.6) is 5.75 Å². The number of thiophene rings is 1. The number of alkyl halides is 3. The van der Waals surface area contributed by atoms with Gasteiger partial charge in [0.05, 0.1) is 13.1 Å². The zero-order valence-corrected chi connectivity index (χ0v) is 14.6. The molecule has 0 radical (unpaired) electrons. The second-order valence-corrected chi connectivity index (χ2v) is 6.21. The van der Waals surface area contributed by atoms with Gasteiger partial charge in [-0.25, -0.2) is 4.99 Å². The van der Waals surface area contributed by atoms with Gasteiger partial charge < -0.3 is 15.4 Å². The molecule has 2 rings (SSSR count). The molecule has 0 fully saturated rings. The average molecular weight is 371 g/mol. The molecule has 0 saturated heterocycles. The fourth-order valence-electron chi connectivity index (χ4n) is 1.95. The number of nitrogens with zero attached hydrogens (tertiary/aromatic N) is 1. The Bertz CT molecular complexity index is 655. The highest BCUT2D eigenvalue weighted by Crippen LogP contribution is 2.19. The second-order valence-electron chi connectivity index (χ2n) is 5.18. The Morgan fingerprint density at radius 3 is 2.52 bits per heavy atom. The second kappa shape index (κ2) is 9.31. The summed E-state index contributed by atoms with van der Waals surface area (Å²) in [6.45, 7) is 2.53. The first-order chi connectivity index (χ1) is 12.0. The minimum Gasteiger partial charge on any atom is -0.484 e. The van der Waals surface area contributed by atoms with Gasteiger partial charge in [0.25, 0.3) is 0 Å². The summed E-state index contributed by atoms with van der Waals surface area (Å²) in [6.07, 6.45) is -4.34. The summed E-state index contributed by atoms with van der Waals surface area (Å²) in [6, 6.07) is 10.5. The standard InChI is InChI=1S/C17H20F3N3OS/c1-2-21-16(23-11-15-4-3-9-25-15)22-10-13-5-7-14(8-6-13)24-12-17(18,19)20/h3-9H,2,10-12H2,1H3,(H2,21,22,23). The molecule has 0 aliphatic heterocycles. The highest BCUT2D eigenvalue weighted by atomic mass is 32.1. The molecule has 1 aromatic carbocycles. The van der Waals surface area contributed by atoms with Gasteiger partial charge in [-0.1, -0.05) is 18.2 Å². The molecule has 0 amide bonds. The van der Waals surface area contributed by atoms with Crippen molar-refractivity contribution < 1.29 is 17.9 Å². The van der Waals surface area contributed by atoms with E-state index in [0.717, 1.165) is 12.1 Å². The van der Waals surface area contributed by atoms with Crippen LogP contribution in [0.2, 0.25) is 0 Å². The van der Waals surface area contributed by atoms with E-state index in [9.17, 15) is 13.2 Å². The van der Waals surface area contributed by atoms with Crippen LogP contribution in [0, 0.1) is 0 Å². The summed E-state index contributed by atoms with van der Waals surface area (Å²) >= 11 is 1.67. The van der Waals surface area contributed by atoms with Crippen molar-refractivity contribution in [2.24, 2.45) is 4.99 Å². The first-order valence-corrected chi connectivity index (χ1v) is 8.67. The van der Waals surface area contributed by atoms with Gasteiger partial charge in [-0.2, -0.15) is 13.2 Å². The molecule has 0 saturated carbocycles. The van der Waals surface area contributed by atoms with Crippen LogP contribution in [0.15, 0.2) is 46.8 Å². The van der Waals surface area contributed by atoms with E-state index in [2.05, 4.69) is 20.4 Å². The van der Waals surface area contributed by atoms with Gasteiger partial charge in [-0.3, -0.25) is 0 Å². The van der Waals surface area contributed by atoms with E-state index in [1.54, 1.807) is 23.5 Å². The molecule has 8 heteroatoms. The molecule has 0 bridgehead atoms. The number of hydrogen-bond acceptors (Lipinski definition) is 3. The summed E-state index contributed by atoms with van der Waals surface area (Å²) in [5.41, 5.74) is 0.882. The molecule has 0 aliphatic rings. The third-order valence-electron chi connectivity index (χ3n) is 3.10. The van der Waals surface area contributed by atoms with Gasteiger partial charge in [0.15, 0.2) is 12.6 Å². The molecule has 25 heavy (non-hydrogen) atoms. The van der Waals surface area contributed by atoms with Crippen molar-refractivity contribution in [2.75, 3.05) is 13.2 Å². The summed E-state index contributed by atoms with van der Waals surface area (Å²) in [4.78, 5) is 5.68. The fraction of sp³-hybridized carbons (Fsp3) is 0.353. The Balaban J connectivity index is 1.88. The van der Waals surface area contributed by atoms with Crippen LogP contribution >= 0.6 is 11.3 Å². The molecule has 0 aliphatic carbocycles. The quantitative estimate of drug-likeness (QED) is 0.572. The van der Waals surface area contributed by atoms with E-state index in [1.807, 2.05) is 24.4 Å². The lowest BCUT2D eigenvalue weighted by molar-refractivity contribution is -0.153. The Hall–Kier alpha value is -2.22. The molecule has 4 nitrogen and oxygen atoms in total. The number of nitrogens with one attached hydrogen (secondary N) is 2. The first kappa shape index (κ1) is 19.1. The minimum atomic E-state index is -4.34. The van der Waals surface area contributed by atoms with Gasteiger partial charge in [0.1, 0.15) is 5.75 Å². The average Bonchev–Trinajstić information content (AvgIpc) is 3.09. The number of ether oxygens (including phenoxy) is 1. The lowest BCUT2D eigenvalue weighted by Crippen LogP contribution is -2.36. The van der Waals surface area contributed by atoms with Gasteiger partial charge in [0, 0.05) is 11.4 Å². The van der Waals surface area contributed by atoms with Gasteiger partial charge >= 0.3 is 6.18 Å². The van der Waals surface area contributed by atoms with Crippen molar-refractivity contribution in [3.8, 4) is 5.75 Å². The van der Waals surface area contributed by atoms with Crippen LogP contribution in [-0.4, -0.2) is 25.3 Å². The number of guanidine groups is 1. The minimum absolute atomic E-state index is 0.188. The topological polar surface area (TPSA) is 45.7 Å². The Labute approximate surface area is 148 Å². The summed E-state index contributed by atoms with van der Waals surface area (Å²) in [5, 5.41) is 8.42. The smallest absolute Gasteiger partial charge is 0.422 e. The Morgan fingerprint density at radius 2 is 1.92 bits per heavy atom. The van der Waals surface area contributed by atoms with Crippen molar-refractivity contribution in [3.05, 3.63) is 52.2 Å². The number of benzene rings is 1. The third-order valence-corrected chi connectivity index (χ3v) is 3.98. The van der Waals surface area contributed by atoms with Gasteiger partial charge in [-0.15, -0.1) is 11.3 Å². The van der Waals surface area contributed by atoms with E-state index in [0.29, 0.717) is 19.0 Å². The number of rotatable bonds is 7. The molecule has 0 spiro atoms. The van der Waals surface area contributed by atoms with Crippen LogP contribution in [0.1, 0.15) is 17.4 Å². The number of aliphatic imine (C=N–C) groups is 1. The lowest BCUT2D eigenvalue weighted by atomic mass is 10.2. The number of halogens is 3. The third kappa shape index (κ3) is 7.47. The number of hydrogen-bond donors (Lipinski definition) is 2. The summed E-state index contributed by atoms with van der Waals surface area (Å²) < 4.78 is 41.0. The van der Waals surface area contributed by atoms with Crippen LogP contribution in [0.25, 0.3) is 0 Å². The van der Waals surface area contributed by atoms with Crippen LogP contribution in [0.4, 0.5) is 13.2 Å². The van der Waals surface area contributed by atoms with Crippen LogP contribution < -0.4 is 15.4 Å². The maximum Gasteiger partial charge on any atom is 0.422 e. The van der Waals surface area contributed by atoms with Gasteiger partial charge in [0.2, 0.25) is 0 Å². The van der Waals surface area contributed by atoms with Crippen molar-refractivity contribution in [1.82, 2.24) is 10.6 Å². The normalized spacial score (nSPS) is 12.1. The van der Waals surface area contributed by atoms with Crippen molar-refractivity contribution in [1.29, 1.82) is 0 Å². The molecular formula is C17H20F3N3OS. The monoisotopic (exact) mass is 371 g/mol. The highest BCUT2D eigenvalue weighted by molar-refractivity contribution is 7.09. The zero-order chi connectivity index (χ0) is 18.1. The molecule has 0 atom stereocenters. The predicted octanol–water partition coefficient (Wildman–Crippen LogP) is 3.94. The summed E-state index contributed by atoms with van der Waals surface area (Å²) in [7, 11) is 0. The zero-order valence-electron chi connectivity index (χ0n) is 13.8. The van der Waals surface area contributed by atoms with Crippen molar-refractivity contribution >= 4 is 17.3 Å². The molecule has 2 N–H and O–H groups in total. The Morgan fingerprint density at radius 1 is 1.16 bits per heavy atom. The first-order valence-electron chi connectivity index (χ1n) is 7.79. The van der Waals surface area contributed by atoms with E-state index in [4.69, 9.17) is 0 Å².